The third-order valence-corrected chi connectivity index (χ3v) is 3.88. The third kappa shape index (κ3) is 2.38. The summed E-state index contributed by atoms with van der Waals surface area (Å²) in [5.74, 6) is 0.482. The zero-order chi connectivity index (χ0) is 17.6. The van der Waals surface area contributed by atoms with E-state index in [0.717, 1.165) is 5.01 Å². The van der Waals surface area contributed by atoms with Gasteiger partial charge in [-0.2, -0.15) is 5.01 Å². The molecule has 1 aromatic carbocycles. The molecule has 0 spiro atoms. The highest BCUT2D eigenvalue weighted by molar-refractivity contribution is 5.86. The molecule has 0 saturated carbocycles. The van der Waals surface area contributed by atoms with Gasteiger partial charge in [-0.3, -0.25) is 9.59 Å². The minimum atomic E-state index is -0.861. The summed E-state index contributed by atoms with van der Waals surface area (Å²) < 4.78 is 12.3. The van der Waals surface area contributed by atoms with Crippen LogP contribution in [0.3, 0.4) is 0 Å². The zero-order valence-corrected chi connectivity index (χ0v) is 13.5. The minimum absolute atomic E-state index is 0.0163. The van der Waals surface area contributed by atoms with E-state index in [2.05, 4.69) is 10.1 Å². The summed E-state index contributed by atoms with van der Waals surface area (Å²) in [6.07, 6.45) is 0.615. The van der Waals surface area contributed by atoms with Crippen molar-refractivity contribution in [3.63, 3.8) is 0 Å². The summed E-state index contributed by atoms with van der Waals surface area (Å²) in [4.78, 5) is 29.2. The molecule has 1 unspecified atom stereocenters. The van der Waals surface area contributed by atoms with E-state index in [9.17, 15) is 9.59 Å². The standard InChI is InChI=1S/C17H14N4O4/c1-10-18-13-7-4-3-6-12(13)15(23)20(10)17-19-21(11(2)22)16(25-17)14-8-5-9-24-14/h3-9,16H,1-2H3. The summed E-state index contributed by atoms with van der Waals surface area (Å²) in [5.41, 5.74) is 0.274. The van der Waals surface area contributed by atoms with Crippen LogP contribution in [0.25, 0.3) is 10.9 Å². The van der Waals surface area contributed by atoms with Crippen LogP contribution < -0.4 is 5.56 Å². The van der Waals surface area contributed by atoms with Crippen LogP contribution in [-0.2, 0) is 9.53 Å². The SMILES string of the molecule is CC(=O)N1N=C(n2c(C)nc3ccccc3c2=O)OC1c1ccco1. The van der Waals surface area contributed by atoms with E-state index >= 15 is 0 Å². The number of amides is 1. The lowest BCUT2D eigenvalue weighted by atomic mass is 10.2. The van der Waals surface area contributed by atoms with Crippen LogP contribution in [-0.4, -0.2) is 26.5 Å². The normalized spacial score (nSPS) is 16.8. The van der Waals surface area contributed by atoms with E-state index in [1.165, 1.54) is 17.8 Å². The molecule has 3 heterocycles. The largest absolute Gasteiger partial charge is 0.463 e. The van der Waals surface area contributed by atoms with Crippen LogP contribution in [0.4, 0.5) is 0 Å². The van der Waals surface area contributed by atoms with Crippen molar-refractivity contribution >= 4 is 22.8 Å². The fourth-order valence-electron chi connectivity index (χ4n) is 2.73. The van der Waals surface area contributed by atoms with Crippen molar-refractivity contribution in [3.8, 4) is 0 Å². The molecule has 8 nitrogen and oxygen atoms in total. The van der Waals surface area contributed by atoms with E-state index in [0.29, 0.717) is 22.5 Å². The molecule has 0 saturated heterocycles. The summed E-state index contributed by atoms with van der Waals surface area (Å²) in [5, 5.41) is 5.74. The number of carbonyl (C=O) groups excluding carboxylic acids is 1. The average Bonchev–Trinajstić information content (AvgIpc) is 3.24. The van der Waals surface area contributed by atoms with Crippen molar-refractivity contribution in [1.82, 2.24) is 14.6 Å². The highest BCUT2D eigenvalue weighted by Gasteiger charge is 2.36. The van der Waals surface area contributed by atoms with Gasteiger partial charge in [0.05, 0.1) is 17.2 Å². The number of fused-ring (bicyclic) bond motifs is 1. The van der Waals surface area contributed by atoms with Crippen molar-refractivity contribution in [1.29, 1.82) is 0 Å². The van der Waals surface area contributed by atoms with Gasteiger partial charge in [-0.1, -0.05) is 12.1 Å². The number of aryl methyl sites for hydroxylation is 1. The molecule has 25 heavy (non-hydrogen) atoms. The third-order valence-electron chi connectivity index (χ3n) is 3.88. The number of hydrazone groups is 1. The Morgan fingerprint density at radius 1 is 1.20 bits per heavy atom. The summed E-state index contributed by atoms with van der Waals surface area (Å²) in [7, 11) is 0. The number of carbonyl (C=O) groups is 1. The number of hydrogen-bond donors (Lipinski definition) is 0. The van der Waals surface area contributed by atoms with Crippen LogP contribution in [0.2, 0.25) is 0 Å². The lowest BCUT2D eigenvalue weighted by Gasteiger charge is -2.16. The Labute approximate surface area is 141 Å². The Morgan fingerprint density at radius 3 is 2.72 bits per heavy atom. The van der Waals surface area contributed by atoms with Gasteiger partial charge in [-0.25, -0.2) is 9.55 Å². The molecule has 1 aliphatic rings. The molecule has 8 heteroatoms. The monoisotopic (exact) mass is 338 g/mol. The van der Waals surface area contributed by atoms with Crippen LogP contribution in [0, 0.1) is 6.92 Å². The maximum Gasteiger partial charge on any atom is 0.325 e. The molecule has 0 aliphatic carbocycles. The second-order valence-electron chi connectivity index (χ2n) is 5.55. The molecule has 126 valence electrons. The van der Waals surface area contributed by atoms with Gasteiger partial charge in [0.2, 0.25) is 5.91 Å². The molecular formula is C17H14N4O4. The highest BCUT2D eigenvalue weighted by atomic mass is 16.6. The number of furan rings is 1. The smallest absolute Gasteiger partial charge is 0.325 e. The zero-order valence-electron chi connectivity index (χ0n) is 13.5. The molecule has 0 bridgehead atoms. The van der Waals surface area contributed by atoms with Crippen molar-refractivity contribution in [2.75, 3.05) is 0 Å². The molecule has 1 atom stereocenters. The molecule has 2 aromatic heterocycles. The number of rotatable bonds is 1. The Kier molecular flexibility index (Phi) is 3.38. The van der Waals surface area contributed by atoms with Gasteiger partial charge in [0.15, 0.2) is 5.76 Å². The first kappa shape index (κ1) is 15.1. The lowest BCUT2D eigenvalue weighted by Crippen LogP contribution is -2.30. The van der Waals surface area contributed by atoms with Gasteiger partial charge >= 0.3 is 6.02 Å². The first-order valence-corrected chi connectivity index (χ1v) is 7.63. The lowest BCUT2D eigenvalue weighted by molar-refractivity contribution is -0.136. The van der Waals surface area contributed by atoms with E-state index in [1.807, 2.05) is 6.07 Å². The first-order valence-electron chi connectivity index (χ1n) is 7.63. The fourth-order valence-corrected chi connectivity index (χ4v) is 2.73. The average molecular weight is 338 g/mol. The molecule has 3 aromatic rings. The maximum absolute atomic E-state index is 12.8. The molecule has 4 rings (SSSR count). The molecule has 0 N–H and O–H groups in total. The van der Waals surface area contributed by atoms with Crippen molar-refractivity contribution in [2.45, 2.75) is 20.1 Å². The molecule has 0 radical (unpaired) electrons. The van der Waals surface area contributed by atoms with Gasteiger partial charge in [0, 0.05) is 6.92 Å². The van der Waals surface area contributed by atoms with Gasteiger partial charge in [-0.15, -0.1) is 5.10 Å². The van der Waals surface area contributed by atoms with Gasteiger partial charge in [0.1, 0.15) is 5.82 Å². The second kappa shape index (κ2) is 5.59. The Balaban J connectivity index is 1.85. The Hall–Kier alpha value is -3.42. The number of para-hydroxylation sites is 1. The predicted octanol–water partition coefficient (Wildman–Crippen LogP) is 1.99. The number of hydrogen-bond acceptors (Lipinski definition) is 6. The second-order valence-corrected chi connectivity index (χ2v) is 5.55. The summed E-state index contributed by atoms with van der Waals surface area (Å²) in [6, 6.07) is 10.4. The fraction of sp³-hybridized carbons (Fsp3) is 0.176. The minimum Gasteiger partial charge on any atom is -0.463 e. The van der Waals surface area contributed by atoms with Gasteiger partial charge < -0.3 is 9.15 Å². The van der Waals surface area contributed by atoms with Gasteiger partial charge in [0.25, 0.3) is 11.8 Å². The van der Waals surface area contributed by atoms with Crippen molar-refractivity contribution in [2.24, 2.45) is 5.10 Å². The maximum atomic E-state index is 12.8. The van der Waals surface area contributed by atoms with E-state index in [4.69, 9.17) is 9.15 Å². The number of benzene rings is 1. The quantitative estimate of drug-likeness (QED) is 0.677. The van der Waals surface area contributed by atoms with E-state index in [1.54, 1.807) is 37.3 Å². The van der Waals surface area contributed by atoms with Crippen LogP contribution in [0.5, 0.6) is 0 Å². The number of ether oxygens (including phenoxy) is 1. The Bertz CT molecular complexity index is 1050. The Morgan fingerprint density at radius 2 is 2.00 bits per heavy atom. The predicted molar refractivity (Wildman–Crippen MR) is 88.6 cm³/mol. The van der Waals surface area contributed by atoms with Crippen LogP contribution >= 0.6 is 0 Å². The summed E-state index contributed by atoms with van der Waals surface area (Å²) >= 11 is 0. The van der Waals surface area contributed by atoms with E-state index < -0.39 is 6.23 Å². The number of aromatic nitrogens is 2. The molecular weight excluding hydrogens is 324 g/mol. The highest BCUT2D eigenvalue weighted by Crippen LogP contribution is 2.29. The van der Waals surface area contributed by atoms with Crippen LogP contribution in [0.15, 0.2) is 57.0 Å². The van der Waals surface area contributed by atoms with E-state index in [-0.39, 0.29) is 17.5 Å². The van der Waals surface area contributed by atoms with Crippen LogP contribution in [0.1, 0.15) is 24.7 Å². The first-order chi connectivity index (χ1) is 12.1. The molecule has 0 fully saturated rings. The topological polar surface area (TPSA) is 89.9 Å². The molecule has 1 amide bonds. The number of nitrogens with zero attached hydrogens (tertiary/aromatic N) is 4. The van der Waals surface area contributed by atoms with Crippen molar-refractivity contribution < 1.29 is 13.9 Å². The summed E-state index contributed by atoms with van der Waals surface area (Å²) in [6.45, 7) is 3.04. The van der Waals surface area contributed by atoms with Gasteiger partial charge in [-0.05, 0) is 31.2 Å². The molecule has 1 aliphatic heterocycles. The van der Waals surface area contributed by atoms with Crippen molar-refractivity contribution in [3.05, 3.63) is 64.6 Å².